The van der Waals surface area contributed by atoms with Gasteiger partial charge in [0.05, 0.1) is 11.1 Å². The number of benzene rings is 1. The number of hydrogen-bond donors (Lipinski definition) is 1. The third kappa shape index (κ3) is 2.97. The van der Waals surface area contributed by atoms with E-state index in [0.717, 1.165) is 16.0 Å². The lowest BCUT2D eigenvalue weighted by molar-refractivity contribution is 0.637. The van der Waals surface area contributed by atoms with Gasteiger partial charge < -0.3 is 5.32 Å². The second-order valence-electron chi connectivity index (χ2n) is 4.13. The molecule has 0 spiro atoms. The minimum atomic E-state index is 0.239. The molecule has 0 bridgehead atoms. The summed E-state index contributed by atoms with van der Waals surface area (Å²) >= 11 is 11.3. The Morgan fingerprint density at radius 2 is 2.17 bits per heavy atom. The van der Waals surface area contributed by atoms with Crippen molar-refractivity contribution in [1.82, 2.24) is 5.32 Å². The van der Waals surface area contributed by atoms with Crippen LogP contribution in [0, 0.1) is 6.92 Å². The largest absolute Gasteiger partial charge is 0.306 e. The first-order valence-corrected chi connectivity index (χ1v) is 7.91. The van der Waals surface area contributed by atoms with Crippen LogP contribution in [-0.2, 0) is 0 Å². The Balaban J connectivity index is 2.41. The molecule has 0 aliphatic rings. The van der Waals surface area contributed by atoms with Crippen molar-refractivity contribution in [3.8, 4) is 0 Å². The van der Waals surface area contributed by atoms with Crippen molar-refractivity contribution in [1.29, 1.82) is 0 Å². The van der Waals surface area contributed by atoms with Crippen LogP contribution in [0.15, 0.2) is 34.1 Å². The summed E-state index contributed by atoms with van der Waals surface area (Å²) in [6, 6.07) is 8.52. The monoisotopic (exact) mass is 343 g/mol. The van der Waals surface area contributed by atoms with Crippen molar-refractivity contribution < 1.29 is 0 Å². The molecule has 0 amide bonds. The average molecular weight is 345 g/mol. The number of thiophene rings is 1. The highest BCUT2D eigenvalue weighted by Gasteiger charge is 2.17. The first-order valence-electron chi connectivity index (χ1n) is 5.85. The normalized spacial score (nSPS) is 12.7. The van der Waals surface area contributed by atoms with Crippen molar-refractivity contribution in [2.75, 3.05) is 6.54 Å². The maximum atomic E-state index is 6.05. The Morgan fingerprint density at radius 1 is 1.39 bits per heavy atom. The van der Waals surface area contributed by atoms with E-state index < -0.39 is 0 Å². The van der Waals surface area contributed by atoms with Crippen LogP contribution < -0.4 is 5.32 Å². The van der Waals surface area contributed by atoms with Gasteiger partial charge in [-0.1, -0.05) is 24.6 Å². The first-order chi connectivity index (χ1) is 8.63. The average Bonchev–Trinajstić information content (AvgIpc) is 2.76. The van der Waals surface area contributed by atoms with Crippen molar-refractivity contribution in [3.05, 3.63) is 55.1 Å². The van der Waals surface area contributed by atoms with Crippen LogP contribution in [0.25, 0.3) is 0 Å². The van der Waals surface area contributed by atoms with Gasteiger partial charge in [-0.2, -0.15) is 0 Å². The molecular formula is C14H15BrClNS. The molecule has 2 aromatic rings. The molecule has 1 heterocycles. The number of hydrogen-bond acceptors (Lipinski definition) is 2. The van der Waals surface area contributed by atoms with Crippen LogP contribution in [0.4, 0.5) is 0 Å². The Labute approximate surface area is 125 Å². The Hall–Kier alpha value is -0.350. The predicted molar refractivity (Wildman–Crippen MR) is 83.7 cm³/mol. The molecule has 0 fully saturated rings. The van der Waals surface area contributed by atoms with E-state index in [1.165, 1.54) is 16.0 Å². The zero-order chi connectivity index (χ0) is 13.1. The zero-order valence-electron chi connectivity index (χ0n) is 10.3. The second kappa shape index (κ2) is 6.20. The second-order valence-corrected chi connectivity index (χ2v) is 6.34. The number of rotatable bonds is 4. The fraction of sp³-hybridized carbons (Fsp3) is 0.286. The van der Waals surface area contributed by atoms with Gasteiger partial charge in [0.1, 0.15) is 0 Å². The highest BCUT2D eigenvalue weighted by atomic mass is 79.9. The molecule has 0 radical (unpaired) electrons. The van der Waals surface area contributed by atoms with Gasteiger partial charge in [0.2, 0.25) is 0 Å². The molecule has 2 rings (SSSR count). The first kappa shape index (κ1) is 14.1. The summed E-state index contributed by atoms with van der Waals surface area (Å²) < 4.78 is 0.943. The van der Waals surface area contributed by atoms with Crippen molar-refractivity contribution in [2.45, 2.75) is 19.9 Å². The van der Waals surface area contributed by atoms with Gasteiger partial charge in [0.25, 0.3) is 0 Å². The lowest BCUT2D eigenvalue weighted by atomic mass is 10.0. The maximum absolute atomic E-state index is 6.05. The molecule has 1 atom stereocenters. The van der Waals surface area contributed by atoms with E-state index in [2.05, 4.69) is 58.7 Å². The molecule has 1 N–H and O–H groups in total. The van der Waals surface area contributed by atoms with E-state index in [1.807, 2.05) is 6.07 Å². The van der Waals surface area contributed by atoms with Crippen LogP contribution in [0.2, 0.25) is 5.02 Å². The van der Waals surface area contributed by atoms with Gasteiger partial charge >= 0.3 is 0 Å². The molecule has 1 nitrogen and oxygen atoms in total. The van der Waals surface area contributed by atoms with E-state index in [0.29, 0.717) is 0 Å². The quantitative estimate of drug-likeness (QED) is 0.806. The topological polar surface area (TPSA) is 12.0 Å². The van der Waals surface area contributed by atoms with E-state index in [4.69, 9.17) is 11.6 Å². The SMILES string of the molecule is CCNC(c1ccc(Cl)c(Br)c1)c1sccc1C. The van der Waals surface area contributed by atoms with Gasteiger partial charge in [-0.05, 0) is 64.1 Å². The van der Waals surface area contributed by atoms with E-state index in [1.54, 1.807) is 11.3 Å². The lowest BCUT2D eigenvalue weighted by Crippen LogP contribution is -2.21. The summed E-state index contributed by atoms with van der Waals surface area (Å²) in [6.45, 7) is 5.21. The fourth-order valence-electron chi connectivity index (χ4n) is 1.94. The van der Waals surface area contributed by atoms with Crippen LogP contribution in [0.1, 0.15) is 29.0 Å². The predicted octanol–water partition coefficient (Wildman–Crippen LogP) is 5.17. The highest BCUT2D eigenvalue weighted by Crippen LogP contribution is 2.32. The highest BCUT2D eigenvalue weighted by molar-refractivity contribution is 9.10. The van der Waals surface area contributed by atoms with Gasteiger partial charge in [0.15, 0.2) is 0 Å². The molecule has 0 aliphatic carbocycles. The van der Waals surface area contributed by atoms with Gasteiger partial charge in [-0.15, -0.1) is 11.3 Å². The third-order valence-corrected chi connectivity index (χ3v) is 5.15. The van der Waals surface area contributed by atoms with Crippen LogP contribution in [0.3, 0.4) is 0 Å². The van der Waals surface area contributed by atoms with Gasteiger partial charge in [-0.25, -0.2) is 0 Å². The van der Waals surface area contributed by atoms with E-state index >= 15 is 0 Å². The van der Waals surface area contributed by atoms with Crippen molar-refractivity contribution in [2.24, 2.45) is 0 Å². The number of nitrogens with one attached hydrogen (secondary N) is 1. The zero-order valence-corrected chi connectivity index (χ0v) is 13.5. The minimum Gasteiger partial charge on any atom is -0.306 e. The summed E-state index contributed by atoms with van der Waals surface area (Å²) in [5, 5.41) is 6.42. The summed E-state index contributed by atoms with van der Waals surface area (Å²) in [7, 11) is 0. The Morgan fingerprint density at radius 3 is 2.72 bits per heavy atom. The smallest absolute Gasteiger partial charge is 0.0674 e. The summed E-state index contributed by atoms with van der Waals surface area (Å²) in [6.07, 6.45) is 0. The van der Waals surface area contributed by atoms with Crippen LogP contribution in [-0.4, -0.2) is 6.54 Å². The molecule has 0 aliphatic heterocycles. The molecule has 1 aromatic carbocycles. The standard InChI is InChI=1S/C14H15BrClNS/c1-3-17-13(14-9(2)6-7-18-14)10-4-5-12(16)11(15)8-10/h4-8,13,17H,3H2,1-2H3. The molecule has 1 unspecified atom stereocenters. The Bertz CT molecular complexity index is 538. The lowest BCUT2D eigenvalue weighted by Gasteiger charge is -2.18. The van der Waals surface area contributed by atoms with Gasteiger partial charge in [0, 0.05) is 9.35 Å². The summed E-state index contributed by atoms with van der Waals surface area (Å²) in [5.41, 5.74) is 2.57. The Kier molecular flexibility index (Phi) is 4.84. The fourth-order valence-corrected chi connectivity index (χ4v) is 3.48. The van der Waals surface area contributed by atoms with Crippen LogP contribution in [0.5, 0.6) is 0 Å². The summed E-state index contributed by atoms with van der Waals surface area (Å²) in [4.78, 5) is 1.37. The third-order valence-electron chi connectivity index (χ3n) is 2.85. The van der Waals surface area contributed by atoms with Gasteiger partial charge in [-0.3, -0.25) is 0 Å². The molecule has 18 heavy (non-hydrogen) atoms. The van der Waals surface area contributed by atoms with Crippen molar-refractivity contribution in [3.63, 3.8) is 0 Å². The minimum absolute atomic E-state index is 0.239. The van der Waals surface area contributed by atoms with Crippen molar-refractivity contribution >= 4 is 38.9 Å². The molecule has 0 saturated carbocycles. The maximum Gasteiger partial charge on any atom is 0.0674 e. The molecule has 96 valence electrons. The number of halogens is 2. The number of aryl methyl sites for hydroxylation is 1. The molecule has 1 aromatic heterocycles. The summed E-state index contributed by atoms with van der Waals surface area (Å²) in [5.74, 6) is 0. The van der Waals surface area contributed by atoms with E-state index in [-0.39, 0.29) is 6.04 Å². The molecular weight excluding hydrogens is 330 g/mol. The van der Waals surface area contributed by atoms with Crippen LogP contribution >= 0.6 is 38.9 Å². The molecule has 4 heteroatoms. The molecule has 0 saturated heterocycles. The van der Waals surface area contributed by atoms with E-state index in [9.17, 15) is 0 Å².